The van der Waals surface area contributed by atoms with E-state index in [4.69, 9.17) is 38.9 Å². The van der Waals surface area contributed by atoms with Crippen molar-refractivity contribution in [2.75, 3.05) is 26.4 Å². The second-order valence-electron chi connectivity index (χ2n) is 24.7. The highest BCUT2D eigenvalue weighted by Gasteiger charge is 2.53. The molecule has 2 heterocycles. The Morgan fingerprint density at radius 2 is 0.957 bits per heavy atom. The molecule has 0 aromatic rings. The second-order valence-corrected chi connectivity index (χ2v) is 24.7. The molecule has 0 aromatic carbocycles. The number of hydrogen-bond acceptors (Lipinski definition) is 21. The minimum absolute atomic E-state index is 0.104. The predicted molar refractivity (Wildman–Crippen MR) is 338 cm³/mol. The highest BCUT2D eigenvalue weighted by molar-refractivity contribution is 5.94. The molecule has 0 spiro atoms. The number of carbonyl (C=O) groups excluding carboxylic acids is 9. The van der Waals surface area contributed by atoms with E-state index in [9.17, 15) is 68.7 Å². The minimum atomic E-state index is -1.89. The summed E-state index contributed by atoms with van der Waals surface area (Å²) in [7, 11) is 0. The van der Waals surface area contributed by atoms with E-state index in [2.05, 4.69) is 40.4 Å². The molecule has 12 N–H and O–H groups in total. The van der Waals surface area contributed by atoms with Crippen molar-refractivity contribution in [3.63, 3.8) is 0 Å². The van der Waals surface area contributed by atoms with Gasteiger partial charge in [0.2, 0.25) is 35.4 Å². The van der Waals surface area contributed by atoms with Crippen molar-refractivity contribution in [1.82, 2.24) is 26.6 Å². The van der Waals surface area contributed by atoms with Gasteiger partial charge >= 0.3 is 17.9 Å². The van der Waals surface area contributed by atoms with E-state index in [-0.39, 0.29) is 25.9 Å². The fraction of sp³-hybridized carbons (Fsp3) is 0.862. The van der Waals surface area contributed by atoms with Crippen molar-refractivity contribution in [2.24, 2.45) is 5.73 Å². The smallest absolute Gasteiger partial charge is 0.328 e. The Morgan fingerprint density at radius 1 is 0.500 bits per heavy atom. The van der Waals surface area contributed by atoms with Gasteiger partial charge in [-0.3, -0.25) is 38.4 Å². The first-order valence-corrected chi connectivity index (χ1v) is 34.1. The number of ether oxygens (including phenoxy) is 7. The Hall–Kier alpha value is -5.13. The van der Waals surface area contributed by atoms with Gasteiger partial charge < -0.3 is 91.0 Å². The van der Waals surface area contributed by atoms with Crippen molar-refractivity contribution < 1.29 is 102 Å². The lowest BCUT2D eigenvalue weighted by Crippen LogP contribution is -2.70. The fourth-order valence-electron chi connectivity index (χ4n) is 10.9. The quantitative estimate of drug-likeness (QED) is 0.0233. The molecule has 15 atom stereocenters. The maximum Gasteiger partial charge on any atom is 0.328 e. The average Bonchev–Trinajstić information content (AvgIpc) is 0.783. The van der Waals surface area contributed by atoms with Crippen LogP contribution in [0.4, 0.5) is 0 Å². The molecule has 2 aliphatic heterocycles. The van der Waals surface area contributed by atoms with E-state index >= 15 is 0 Å². The van der Waals surface area contributed by atoms with E-state index in [0.717, 1.165) is 65.2 Å². The number of aliphatic hydroxyl groups is 5. The van der Waals surface area contributed by atoms with Gasteiger partial charge in [0.15, 0.2) is 18.7 Å². The summed E-state index contributed by atoms with van der Waals surface area (Å²) >= 11 is 0. The summed E-state index contributed by atoms with van der Waals surface area (Å²) < 4.78 is 40.2. The molecule has 2 aliphatic rings. The molecule has 0 radical (unpaired) electrons. The van der Waals surface area contributed by atoms with E-state index in [1.54, 1.807) is 0 Å². The molecule has 2 fully saturated rings. The summed E-state index contributed by atoms with van der Waals surface area (Å²) in [4.78, 5) is 117. The standard InChI is InChI=1S/C65H116N6O21/c1-8-10-12-14-16-18-20-22-24-26-28-30-32-34-52(77)86-40-47(89-53(78)35-33-31-29-27-25-23-21-19-17-15-13-11-9-2)41-87-63(84)43(4)68-62(83)48(36-37-51(66)76)71-60(81)42(3)67-61(82)44(5)88-59-55(70-46(7)75)64(85)90-50(39-73)58(59)92-65-54(69-45(6)74)57(80)56(79)49(38-72)91-65/h42-44,47-50,54-59,64-65,72-73,79-80,85H,8-41H2,1-7H3,(H2,66,76)(H,67,82)(H,68,83)(H,69,74)(H,70,75)(H,71,81). The van der Waals surface area contributed by atoms with E-state index in [0.29, 0.717) is 12.8 Å². The van der Waals surface area contributed by atoms with Crippen LogP contribution in [0.1, 0.15) is 241 Å². The summed E-state index contributed by atoms with van der Waals surface area (Å²) in [5, 5.41) is 65.0. The van der Waals surface area contributed by atoms with Crippen molar-refractivity contribution in [2.45, 2.75) is 333 Å². The van der Waals surface area contributed by atoms with Crippen LogP contribution in [0.3, 0.4) is 0 Å². The van der Waals surface area contributed by atoms with Gasteiger partial charge in [0.05, 0.1) is 13.2 Å². The van der Waals surface area contributed by atoms with Gasteiger partial charge in [-0.05, 0) is 40.0 Å². The summed E-state index contributed by atoms with van der Waals surface area (Å²) in [6.07, 6.45) is 13.0. The van der Waals surface area contributed by atoms with Gasteiger partial charge in [-0.1, -0.05) is 168 Å². The third kappa shape index (κ3) is 34.3. The maximum absolute atomic E-state index is 13.8. The number of amides is 6. The Balaban J connectivity index is 2.11. The van der Waals surface area contributed by atoms with Gasteiger partial charge in [0.1, 0.15) is 86.2 Å². The minimum Gasteiger partial charge on any atom is -0.462 e. The number of hydrogen-bond donors (Lipinski definition) is 11. The predicted octanol–water partition coefficient (Wildman–Crippen LogP) is 4.02. The van der Waals surface area contributed by atoms with Gasteiger partial charge in [-0.25, -0.2) is 4.79 Å². The van der Waals surface area contributed by atoms with Crippen LogP contribution in [0.25, 0.3) is 0 Å². The topological polar surface area (TPSA) is 406 Å². The highest BCUT2D eigenvalue weighted by Crippen LogP contribution is 2.31. The molecule has 532 valence electrons. The third-order valence-electron chi connectivity index (χ3n) is 16.4. The zero-order valence-electron chi connectivity index (χ0n) is 56.0. The van der Waals surface area contributed by atoms with Crippen LogP contribution in [0.15, 0.2) is 0 Å². The normalized spacial score (nSPS) is 23.0. The van der Waals surface area contributed by atoms with Crippen LogP contribution in [0.2, 0.25) is 0 Å². The summed E-state index contributed by atoms with van der Waals surface area (Å²) in [5.41, 5.74) is 5.41. The molecule has 6 amide bonds. The van der Waals surface area contributed by atoms with Gasteiger partial charge in [0, 0.05) is 33.1 Å². The zero-order chi connectivity index (χ0) is 68.4. The molecule has 0 saturated carbocycles. The van der Waals surface area contributed by atoms with Crippen LogP contribution in [0.5, 0.6) is 0 Å². The second kappa shape index (κ2) is 48.6. The largest absolute Gasteiger partial charge is 0.462 e. The molecule has 15 unspecified atom stereocenters. The van der Waals surface area contributed by atoms with Gasteiger partial charge in [0.25, 0.3) is 0 Å². The molecule has 92 heavy (non-hydrogen) atoms. The first kappa shape index (κ1) is 83.0. The summed E-state index contributed by atoms with van der Waals surface area (Å²) in [5.74, 6) is -7.17. The summed E-state index contributed by atoms with van der Waals surface area (Å²) in [6.45, 7) is 7.79. The molecule has 0 aliphatic carbocycles. The highest BCUT2D eigenvalue weighted by atomic mass is 16.7. The monoisotopic (exact) mass is 1320 g/mol. The van der Waals surface area contributed by atoms with Crippen LogP contribution in [0, 0.1) is 0 Å². The Morgan fingerprint density at radius 3 is 1.43 bits per heavy atom. The Bertz CT molecular complexity index is 2150. The lowest BCUT2D eigenvalue weighted by atomic mass is 9.94. The molecule has 0 bridgehead atoms. The third-order valence-corrected chi connectivity index (χ3v) is 16.4. The van der Waals surface area contributed by atoms with Crippen molar-refractivity contribution in [3.05, 3.63) is 0 Å². The SMILES string of the molecule is CCCCCCCCCCCCCCCC(=O)OCC(COC(=O)C(C)NC(=O)C(CCC(N)=O)NC(=O)C(C)NC(=O)C(C)OC1C(NC(C)=O)C(O)OC(CO)C1OC1OC(CO)C(O)C(O)C1NC(C)=O)OC(=O)CCCCCCCCCCCCCCC. The first-order valence-electron chi connectivity index (χ1n) is 34.1. The molecule has 2 rings (SSSR count). The summed E-state index contributed by atoms with van der Waals surface area (Å²) in [6, 6.07) is -7.40. The molecular formula is C65H116N6O21. The van der Waals surface area contributed by atoms with Gasteiger partial charge in [-0.2, -0.15) is 0 Å². The number of rotatable bonds is 51. The molecule has 2 saturated heterocycles. The van der Waals surface area contributed by atoms with Crippen molar-refractivity contribution in [3.8, 4) is 0 Å². The number of nitrogens with two attached hydrogens (primary N) is 1. The number of nitrogens with one attached hydrogen (secondary N) is 5. The number of primary amides is 1. The zero-order valence-corrected chi connectivity index (χ0v) is 56.0. The maximum atomic E-state index is 13.8. The lowest BCUT2D eigenvalue weighted by Gasteiger charge is -2.48. The van der Waals surface area contributed by atoms with E-state index in [1.165, 1.54) is 124 Å². The molecule has 27 heteroatoms. The van der Waals surface area contributed by atoms with E-state index in [1.807, 2.05) is 0 Å². The van der Waals surface area contributed by atoms with Crippen LogP contribution < -0.4 is 32.3 Å². The Labute approximate surface area is 544 Å². The van der Waals surface area contributed by atoms with E-state index < -0.39 is 171 Å². The number of carbonyl (C=O) groups is 9. The number of unbranched alkanes of at least 4 members (excludes halogenated alkanes) is 24. The first-order chi connectivity index (χ1) is 44.0. The number of esters is 3. The van der Waals surface area contributed by atoms with Crippen molar-refractivity contribution in [1.29, 1.82) is 0 Å². The average molecular weight is 1320 g/mol. The molecule has 0 aromatic heterocycles. The molecule has 27 nitrogen and oxygen atoms in total. The number of aliphatic hydroxyl groups excluding tert-OH is 5. The van der Waals surface area contributed by atoms with Crippen LogP contribution in [-0.2, 0) is 76.3 Å². The fourth-order valence-corrected chi connectivity index (χ4v) is 10.9. The molecular weight excluding hydrogens is 1200 g/mol. The Kier molecular flexibility index (Phi) is 43.8. The van der Waals surface area contributed by atoms with Crippen LogP contribution in [-0.4, -0.2) is 197 Å². The lowest BCUT2D eigenvalue weighted by molar-refractivity contribution is -0.333. The van der Waals surface area contributed by atoms with Crippen LogP contribution >= 0.6 is 0 Å². The van der Waals surface area contributed by atoms with Crippen molar-refractivity contribution >= 4 is 53.4 Å². The van der Waals surface area contributed by atoms with Gasteiger partial charge in [-0.15, -0.1) is 0 Å².